The molecule has 0 fully saturated rings. The zero-order valence-corrected chi connectivity index (χ0v) is 13.9. The highest BCUT2D eigenvalue weighted by Crippen LogP contribution is 2.15. The van der Waals surface area contributed by atoms with Crippen molar-refractivity contribution >= 4 is 17.5 Å². The van der Waals surface area contributed by atoms with Gasteiger partial charge in [0, 0.05) is 42.0 Å². The fourth-order valence-electron chi connectivity index (χ4n) is 2.32. The standard InChI is InChI=1S/C18H17N5O3/c19-17(25)12-4-6-14(7-5-12)21-15(24)2-1-3-16-22-18(23-26-16)13-8-10-20-11-9-13/h4-11H,1-3H2,(H2,19,25)(H,21,24). The van der Waals surface area contributed by atoms with Crippen molar-refractivity contribution in [2.24, 2.45) is 5.73 Å². The summed E-state index contributed by atoms with van der Waals surface area (Å²) in [5.41, 5.74) is 7.00. The molecule has 0 spiro atoms. The number of nitrogens with zero attached hydrogens (tertiary/aromatic N) is 3. The minimum atomic E-state index is -0.506. The number of primary amides is 1. The van der Waals surface area contributed by atoms with E-state index in [2.05, 4.69) is 20.4 Å². The van der Waals surface area contributed by atoms with Crippen molar-refractivity contribution in [2.45, 2.75) is 19.3 Å². The van der Waals surface area contributed by atoms with E-state index in [0.29, 0.717) is 42.2 Å². The Hall–Kier alpha value is -3.55. The van der Waals surface area contributed by atoms with Crippen molar-refractivity contribution < 1.29 is 14.1 Å². The van der Waals surface area contributed by atoms with Crippen LogP contribution in [0.3, 0.4) is 0 Å². The summed E-state index contributed by atoms with van der Waals surface area (Å²) in [5, 5.41) is 6.68. The molecule has 0 unspecified atom stereocenters. The first-order chi connectivity index (χ1) is 12.6. The number of nitrogens with one attached hydrogen (secondary N) is 1. The van der Waals surface area contributed by atoms with Crippen LogP contribution in [0.25, 0.3) is 11.4 Å². The molecule has 1 aromatic carbocycles. The number of benzene rings is 1. The number of aryl methyl sites for hydroxylation is 1. The Morgan fingerprint density at radius 2 is 1.81 bits per heavy atom. The molecule has 2 heterocycles. The fourth-order valence-corrected chi connectivity index (χ4v) is 2.32. The molecule has 3 aromatic rings. The van der Waals surface area contributed by atoms with E-state index in [1.54, 1.807) is 48.8 Å². The van der Waals surface area contributed by atoms with Gasteiger partial charge >= 0.3 is 0 Å². The number of hydrogen-bond acceptors (Lipinski definition) is 6. The molecule has 2 amide bonds. The summed E-state index contributed by atoms with van der Waals surface area (Å²) in [6, 6.07) is 10.00. The molecule has 8 nitrogen and oxygen atoms in total. The molecule has 3 N–H and O–H groups in total. The SMILES string of the molecule is NC(=O)c1ccc(NC(=O)CCCc2nc(-c3ccncc3)no2)cc1. The second-order valence-corrected chi connectivity index (χ2v) is 5.59. The summed E-state index contributed by atoms with van der Waals surface area (Å²) in [6.07, 6.45) is 4.71. The first-order valence-corrected chi connectivity index (χ1v) is 8.04. The molecule has 132 valence electrons. The summed E-state index contributed by atoms with van der Waals surface area (Å²) in [5.74, 6) is 0.344. The molecule has 0 radical (unpaired) electrons. The van der Waals surface area contributed by atoms with E-state index in [9.17, 15) is 9.59 Å². The second-order valence-electron chi connectivity index (χ2n) is 5.59. The largest absolute Gasteiger partial charge is 0.366 e. The molecule has 0 aliphatic rings. The summed E-state index contributed by atoms with van der Waals surface area (Å²) in [4.78, 5) is 31.2. The van der Waals surface area contributed by atoms with Gasteiger partial charge in [-0.2, -0.15) is 4.98 Å². The van der Waals surface area contributed by atoms with Gasteiger partial charge in [0.05, 0.1) is 0 Å². The molecular formula is C18H17N5O3. The molecule has 2 aromatic heterocycles. The van der Waals surface area contributed by atoms with Crippen LogP contribution in [0.4, 0.5) is 5.69 Å². The van der Waals surface area contributed by atoms with Crippen molar-refractivity contribution in [1.82, 2.24) is 15.1 Å². The maximum absolute atomic E-state index is 12.0. The number of anilines is 1. The fraction of sp³-hybridized carbons (Fsp3) is 0.167. The highest BCUT2D eigenvalue weighted by molar-refractivity contribution is 5.94. The highest BCUT2D eigenvalue weighted by Gasteiger charge is 2.10. The van der Waals surface area contributed by atoms with Gasteiger partial charge in [-0.25, -0.2) is 0 Å². The average Bonchev–Trinajstić information content (AvgIpc) is 3.12. The van der Waals surface area contributed by atoms with Crippen LogP contribution in [0.5, 0.6) is 0 Å². The van der Waals surface area contributed by atoms with Gasteiger partial charge in [0.15, 0.2) is 0 Å². The average molecular weight is 351 g/mol. The van der Waals surface area contributed by atoms with Gasteiger partial charge < -0.3 is 15.6 Å². The number of pyridine rings is 1. The van der Waals surface area contributed by atoms with E-state index in [4.69, 9.17) is 10.3 Å². The van der Waals surface area contributed by atoms with E-state index in [0.717, 1.165) is 5.56 Å². The third kappa shape index (κ3) is 4.50. The molecule has 0 aliphatic carbocycles. The van der Waals surface area contributed by atoms with Gasteiger partial charge in [0.25, 0.3) is 0 Å². The lowest BCUT2D eigenvalue weighted by Gasteiger charge is -2.05. The number of rotatable bonds is 7. The lowest BCUT2D eigenvalue weighted by atomic mass is 10.2. The van der Waals surface area contributed by atoms with Crippen LogP contribution in [0, 0.1) is 0 Å². The minimum Gasteiger partial charge on any atom is -0.366 e. The molecule has 0 atom stereocenters. The summed E-state index contributed by atoms with van der Waals surface area (Å²) in [7, 11) is 0. The van der Waals surface area contributed by atoms with Crippen LogP contribution in [0.1, 0.15) is 29.1 Å². The van der Waals surface area contributed by atoms with Crippen molar-refractivity contribution in [3.63, 3.8) is 0 Å². The zero-order valence-electron chi connectivity index (χ0n) is 13.9. The zero-order chi connectivity index (χ0) is 18.4. The Kier molecular flexibility index (Phi) is 5.33. The predicted octanol–water partition coefficient (Wildman–Crippen LogP) is 2.19. The van der Waals surface area contributed by atoms with Crippen molar-refractivity contribution in [2.75, 3.05) is 5.32 Å². The third-order valence-electron chi connectivity index (χ3n) is 3.65. The summed E-state index contributed by atoms with van der Waals surface area (Å²) < 4.78 is 5.20. The third-order valence-corrected chi connectivity index (χ3v) is 3.65. The highest BCUT2D eigenvalue weighted by atomic mass is 16.5. The summed E-state index contributed by atoms with van der Waals surface area (Å²) in [6.45, 7) is 0. The van der Waals surface area contributed by atoms with E-state index in [1.165, 1.54) is 0 Å². The lowest BCUT2D eigenvalue weighted by molar-refractivity contribution is -0.116. The van der Waals surface area contributed by atoms with Crippen LogP contribution in [0.2, 0.25) is 0 Å². The molecule has 8 heteroatoms. The van der Waals surface area contributed by atoms with Gasteiger partial charge in [-0.3, -0.25) is 14.6 Å². The number of carbonyl (C=O) groups is 2. The van der Waals surface area contributed by atoms with Crippen molar-refractivity contribution in [3.8, 4) is 11.4 Å². The first kappa shape index (κ1) is 17.3. The topological polar surface area (TPSA) is 124 Å². The normalized spacial score (nSPS) is 10.5. The Morgan fingerprint density at radius 1 is 1.08 bits per heavy atom. The van der Waals surface area contributed by atoms with Crippen LogP contribution in [-0.4, -0.2) is 26.9 Å². The van der Waals surface area contributed by atoms with Gasteiger partial charge in [-0.1, -0.05) is 5.16 Å². The Labute approximate surface area is 149 Å². The quantitative estimate of drug-likeness (QED) is 0.672. The maximum atomic E-state index is 12.0. The molecule has 3 rings (SSSR count). The Balaban J connectivity index is 1.46. The lowest BCUT2D eigenvalue weighted by Crippen LogP contribution is -2.13. The number of hydrogen-bond donors (Lipinski definition) is 2. The van der Waals surface area contributed by atoms with Crippen LogP contribution in [-0.2, 0) is 11.2 Å². The number of aromatic nitrogens is 3. The van der Waals surface area contributed by atoms with E-state index in [1.807, 2.05) is 0 Å². The maximum Gasteiger partial charge on any atom is 0.248 e. The number of amides is 2. The van der Waals surface area contributed by atoms with Crippen molar-refractivity contribution in [1.29, 1.82) is 0 Å². The second kappa shape index (κ2) is 8.02. The number of carbonyl (C=O) groups excluding carboxylic acids is 2. The van der Waals surface area contributed by atoms with Gasteiger partial charge in [-0.15, -0.1) is 0 Å². The van der Waals surface area contributed by atoms with E-state index >= 15 is 0 Å². The van der Waals surface area contributed by atoms with Crippen LogP contribution >= 0.6 is 0 Å². The molecule has 0 aliphatic heterocycles. The van der Waals surface area contributed by atoms with Gasteiger partial charge in [0.2, 0.25) is 23.5 Å². The van der Waals surface area contributed by atoms with Crippen LogP contribution in [0.15, 0.2) is 53.3 Å². The Bertz CT molecular complexity index is 891. The molecule has 0 bridgehead atoms. The van der Waals surface area contributed by atoms with Crippen molar-refractivity contribution in [3.05, 3.63) is 60.2 Å². The molecule has 0 saturated heterocycles. The predicted molar refractivity (Wildman–Crippen MR) is 94.1 cm³/mol. The minimum absolute atomic E-state index is 0.134. The molecule has 26 heavy (non-hydrogen) atoms. The monoisotopic (exact) mass is 351 g/mol. The Morgan fingerprint density at radius 3 is 2.50 bits per heavy atom. The van der Waals surface area contributed by atoms with E-state index in [-0.39, 0.29) is 5.91 Å². The number of nitrogens with two attached hydrogens (primary N) is 1. The summed E-state index contributed by atoms with van der Waals surface area (Å²) >= 11 is 0. The first-order valence-electron chi connectivity index (χ1n) is 8.04. The molecular weight excluding hydrogens is 334 g/mol. The molecule has 0 saturated carbocycles. The van der Waals surface area contributed by atoms with Crippen LogP contribution < -0.4 is 11.1 Å². The van der Waals surface area contributed by atoms with Gasteiger partial charge in [-0.05, 0) is 42.8 Å². The van der Waals surface area contributed by atoms with E-state index < -0.39 is 5.91 Å². The smallest absolute Gasteiger partial charge is 0.248 e. The van der Waals surface area contributed by atoms with Gasteiger partial charge in [0.1, 0.15) is 0 Å².